The summed E-state index contributed by atoms with van der Waals surface area (Å²) >= 11 is 0. The van der Waals surface area contributed by atoms with Gasteiger partial charge in [-0.2, -0.15) is 0 Å². The van der Waals surface area contributed by atoms with Gasteiger partial charge in [0.2, 0.25) is 0 Å². The second-order valence-electron chi connectivity index (χ2n) is 6.60. The Morgan fingerprint density at radius 2 is 1.56 bits per heavy atom. The summed E-state index contributed by atoms with van der Waals surface area (Å²) < 4.78 is 5.98. The van der Waals surface area contributed by atoms with Gasteiger partial charge >= 0.3 is 0 Å². The van der Waals surface area contributed by atoms with Crippen LogP contribution in [-0.2, 0) is 17.6 Å². The number of para-hydroxylation sites is 2. The van der Waals surface area contributed by atoms with Crippen LogP contribution < -0.4 is 10.1 Å². The molecule has 0 spiro atoms. The van der Waals surface area contributed by atoms with Crippen LogP contribution >= 0.6 is 0 Å². The van der Waals surface area contributed by atoms with E-state index in [-0.39, 0.29) is 5.91 Å². The number of ether oxygens (including phenoxy) is 1. The molecule has 0 aliphatic carbocycles. The Hall–Kier alpha value is -2.29. The number of hydrogen-bond acceptors (Lipinski definition) is 2. The Labute approximate surface area is 151 Å². The molecule has 134 valence electrons. The average Bonchev–Trinajstić information content (AvgIpc) is 2.61. The van der Waals surface area contributed by atoms with Gasteiger partial charge in [0.15, 0.2) is 6.10 Å². The number of anilines is 1. The number of rotatable bonds is 7. The van der Waals surface area contributed by atoms with Crippen molar-refractivity contribution in [3.05, 3.63) is 59.2 Å². The number of aryl methyl sites for hydroxylation is 2. The number of carbonyl (C=O) groups is 1. The largest absolute Gasteiger partial charge is 0.481 e. The van der Waals surface area contributed by atoms with E-state index in [1.54, 1.807) is 6.92 Å². The van der Waals surface area contributed by atoms with E-state index in [1.807, 2.05) is 30.3 Å². The predicted molar refractivity (Wildman–Crippen MR) is 104 cm³/mol. The van der Waals surface area contributed by atoms with Gasteiger partial charge in [0.25, 0.3) is 5.91 Å². The highest BCUT2D eigenvalue weighted by atomic mass is 16.5. The maximum absolute atomic E-state index is 12.7. The van der Waals surface area contributed by atoms with Gasteiger partial charge in [-0.3, -0.25) is 4.79 Å². The molecular formula is C22H29NO2. The molecule has 2 aromatic carbocycles. The topological polar surface area (TPSA) is 38.3 Å². The summed E-state index contributed by atoms with van der Waals surface area (Å²) in [6.45, 7) is 10.2. The molecule has 0 heterocycles. The zero-order valence-electron chi connectivity index (χ0n) is 15.9. The predicted octanol–water partition coefficient (Wildman–Crippen LogP) is 5.34. The maximum Gasteiger partial charge on any atom is 0.265 e. The lowest BCUT2D eigenvalue weighted by Gasteiger charge is -2.20. The third kappa shape index (κ3) is 4.62. The number of amides is 1. The smallest absolute Gasteiger partial charge is 0.265 e. The molecule has 0 aromatic heterocycles. The first-order chi connectivity index (χ1) is 12.0. The first-order valence-corrected chi connectivity index (χ1v) is 9.15. The van der Waals surface area contributed by atoms with Gasteiger partial charge in [-0.05, 0) is 48.4 Å². The number of hydrogen-bond donors (Lipinski definition) is 1. The Morgan fingerprint density at radius 1 is 0.960 bits per heavy atom. The molecule has 0 aliphatic heterocycles. The van der Waals surface area contributed by atoms with Gasteiger partial charge in [-0.25, -0.2) is 0 Å². The van der Waals surface area contributed by atoms with E-state index in [2.05, 4.69) is 45.1 Å². The van der Waals surface area contributed by atoms with Gasteiger partial charge in [0, 0.05) is 5.69 Å². The van der Waals surface area contributed by atoms with Crippen molar-refractivity contribution in [2.45, 2.75) is 59.5 Å². The van der Waals surface area contributed by atoms with Crippen molar-refractivity contribution in [2.24, 2.45) is 0 Å². The molecule has 1 amide bonds. The molecular weight excluding hydrogens is 310 g/mol. The summed E-state index contributed by atoms with van der Waals surface area (Å²) in [5, 5.41) is 3.09. The molecule has 1 N–H and O–H groups in total. The van der Waals surface area contributed by atoms with Crippen LogP contribution in [0.1, 0.15) is 57.2 Å². The molecule has 3 nitrogen and oxygen atoms in total. The SMILES string of the molecule is CCc1cccc(CC)c1NC(=O)[C@@H](C)Oc1ccccc1C(C)C. The minimum atomic E-state index is -0.561. The highest BCUT2D eigenvalue weighted by Crippen LogP contribution is 2.27. The molecule has 0 saturated carbocycles. The van der Waals surface area contributed by atoms with E-state index in [0.717, 1.165) is 41.0 Å². The number of carbonyl (C=O) groups excluding carboxylic acids is 1. The number of benzene rings is 2. The highest BCUT2D eigenvalue weighted by Gasteiger charge is 2.19. The Balaban J connectivity index is 2.17. The van der Waals surface area contributed by atoms with Crippen LogP contribution in [0.5, 0.6) is 5.75 Å². The molecule has 0 bridgehead atoms. The summed E-state index contributed by atoms with van der Waals surface area (Å²) in [6.07, 6.45) is 1.21. The zero-order valence-corrected chi connectivity index (χ0v) is 15.9. The molecule has 2 rings (SSSR count). The lowest BCUT2D eigenvalue weighted by atomic mass is 10.0. The first kappa shape index (κ1) is 19.0. The molecule has 1 atom stereocenters. The van der Waals surface area contributed by atoms with Crippen molar-refractivity contribution in [3.63, 3.8) is 0 Å². The second-order valence-corrected chi connectivity index (χ2v) is 6.60. The van der Waals surface area contributed by atoms with Crippen molar-refractivity contribution < 1.29 is 9.53 Å². The first-order valence-electron chi connectivity index (χ1n) is 9.15. The third-order valence-electron chi connectivity index (χ3n) is 4.46. The van der Waals surface area contributed by atoms with Crippen molar-refractivity contribution in [1.29, 1.82) is 0 Å². The quantitative estimate of drug-likeness (QED) is 0.739. The molecule has 0 unspecified atom stereocenters. The van der Waals surface area contributed by atoms with E-state index in [1.165, 1.54) is 0 Å². The fourth-order valence-electron chi connectivity index (χ4n) is 2.94. The van der Waals surface area contributed by atoms with Crippen LogP contribution in [0.3, 0.4) is 0 Å². The van der Waals surface area contributed by atoms with E-state index >= 15 is 0 Å². The Kier molecular flexibility index (Phi) is 6.63. The molecule has 3 heteroatoms. The van der Waals surface area contributed by atoms with Crippen LogP contribution in [0.2, 0.25) is 0 Å². The minimum absolute atomic E-state index is 0.117. The summed E-state index contributed by atoms with van der Waals surface area (Å²) in [7, 11) is 0. The van der Waals surface area contributed by atoms with Crippen LogP contribution in [0.4, 0.5) is 5.69 Å². The van der Waals surface area contributed by atoms with Crippen molar-refractivity contribution in [2.75, 3.05) is 5.32 Å². The van der Waals surface area contributed by atoms with Gasteiger partial charge in [-0.15, -0.1) is 0 Å². The standard InChI is InChI=1S/C22H29NO2/c1-6-17-11-10-12-18(7-2)21(17)23-22(24)16(5)25-20-14-9-8-13-19(20)15(3)4/h8-16H,6-7H2,1-5H3,(H,23,24)/t16-/m1/s1. The number of nitrogens with one attached hydrogen (secondary N) is 1. The van der Waals surface area contributed by atoms with Gasteiger partial charge in [0.1, 0.15) is 5.75 Å². The second kappa shape index (κ2) is 8.70. The average molecular weight is 339 g/mol. The van der Waals surface area contributed by atoms with E-state index in [9.17, 15) is 4.79 Å². The minimum Gasteiger partial charge on any atom is -0.481 e. The molecule has 0 saturated heterocycles. The summed E-state index contributed by atoms with van der Waals surface area (Å²) in [5.41, 5.74) is 4.36. The van der Waals surface area contributed by atoms with Gasteiger partial charge in [-0.1, -0.05) is 64.1 Å². The van der Waals surface area contributed by atoms with Crippen LogP contribution in [-0.4, -0.2) is 12.0 Å². The normalized spacial score (nSPS) is 12.1. The monoisotopic (exact) mass is 339 g/mol. The summed E-state index contributed by atoms with van der Waals surface area (Å²) in [6, 6.07) is 14.1. The van der Waals surface area contributed by atoms with Crippen LogP contribution in [0.15, 0.2) is 42.5 Å². The molecule has 2 aromatic rings. The van der Waals surface area contributed by atoms with Gasteiger partial charge < -0.3 is 10.1 Å². The Bertz CT molecular complexity index is 699. The Morgan fingerprint density at radius 3 is 2.12 bits per heavy atom. The highest BCUT2D eigenvalue weighted by molar-refractivity contribution is 5.95. The van der Waals surface area contributed by atoms with E-state index in [0.29, 0.717) is 5.92 Å². The van der Waals surface area contributed by atoms with Crippen molar-refractivity contribution in [1.82, 2.24) is 0 Å². The molecule has 25 heavy (non-hydrogen) atoms. The maximum atomic E-state index is 12.7. The van der Waals surface area contributed by atoms with Gasteiger partial charge in [0.05, 0.1) is 0 Å². The van der Waals surface area contributed by atoms with Crippen LogP contribution in [0, 0.1) is 0 Å². The lowest BCUT2D eigenvalue weighted by molar-refractivity contribution is -0.122. The fraction of sp³-hybridized carbons (Fsp3) is 0.409. The van der Waals surface area contributed by atoms with Crippen molar-refractivity contribution >= 4 is 11.6 Å². The lowest BCUT2D eigenvalue weighted by Crippen LogP contribution is -2.31. The van der Waals surface area contributed by atoms with Crippen molar-refractivity contribution in [3.8, 4) is 5.75 Å². The molecule has 0 fully saturated rings. The van der Waals surface area contributed by atoms with E-state index < -0.39 is 6.10 Å². The van der Waals surface area contributed by atoms with E-state index in [4.69, 9.17) is 4.74 Å². The summed E-state index contributed by atoms with van der Waals surface area (Å²) in [5.74, 6) is 1.01. The third-order valence-corrected chi connectivity index (χ3v) is 4.46. The molecule has 0 radical (unpaired) electrons. The fourth-order valence-corrected chi connectivity index (χ4v) is 2.94. The molecule has 0 aliphatic rings. The summed E-state index contributed by atoms with van der Waals surface area (Å²) in [4.78, 5) is 12.7. The van der Waals surface area contributed by atoms with Crippen LogP contribution in [0.25, 0.3) is 0 Å². The zero-order chi connectivity index (χ0) is 18.4.